The molecule has 1 aromatic carbocycles. The first kappa shape index (κ1) is 14.3. The molecule has 0 saturated carbocycles. The number of halogens is 1. The van der Waals surface area contributed by atoms with Gasteiger partial charge in [-0.1, -0.05) is 11.6 Å². The normalized spacial score (nSPS) is 10.2. The zero-order valence-corrected chi connectivity index (χ0v) is 11.9. The van der Waals surface area contributed by atoms with Crippen molar-refractivity contribution in [2.24, 2.45) is 0 Å². The van der Waals surface area contributed by atoms with E-state index >= 15 is 0 Å². The lowest BCUT2D eigenvalue weighted by Gasteiger charge is -2.07. The average Bonchev–Trinajstić information content (AvgIpc) is 2.38. The highest BCUT2D eigenvalue weighted by atomic mass is 35.5. The number of hydrogen-bond donors (Lipinski definition) is 1. The van der Waals surface area contributed by atoms with Gasteiger partial charge in [0, 0.05) is 18.6 Å². The van der Waals surface area contributed by atoms with Gasteiger partial charge in [0.15, 0.2) is 0 Å². The lowest BCUT2D eigenvalue weighted by molar-refractivity contribution is -0.114. The molecule has 0 unspecified atom stereocenters. The third-order valence-corrected chi connectivity index (χ3v) is 2.64. The summed E-state index contributed by atoms with van der Waals surface area (Å²) in [7, 11) is 0. The smallest absolute Gasteiger partial charge is 0.231 e. The number of ether oxygens (including phenoxy) is 1. The summed E-state index contributed by atoms with van der Waals surface area (Å²) in [5.74, 6) is 0.734. The molecule has 1 aromatic heterocycles. The maximum absolute atomic E-state index is 11.0. The highest BCUT2D eigenvalue weighted by molar-refractivity contribution is 6.29. The molecule has 0 radical (unpaired) electrons. The molecule has 2 aromatic rings. The third kappa shape index (κ3) is 3.68. The summed E-state index contributed by atoms with van der Waals surface area (Å²) in [6.07, 6.45) is 0. The molecule has 5 nitrogen and oxygen atoms in total. The Hall–Kier alpha value is -2.14. The zero-order chi connectivity index (χ0) is 14.5. The fourth-order valence-electron chi connectivity index (χ4n) is 1.67. The van der Waals surface area contributed by atoms with Gasteiger partial charge in [0.1, 0.15) is 10.9 Å². The van der Waals surface area contributed by atoms with Crippen molar-refractivity contribution in [1.29, 1.82) is 0 Å². The minimum absolute atomic E-state index is 0.189. The zero-order valence-electron chi connectivity index (χ0n) is 11.2. The van der Waals surface area contributed by atoms with Crippen LogP contribution >= 0.6 is 11.6 Å². The standard InChI is InChI=1S/C14H14ClN3O2/c1-3-20-11-6-4-10(5-7-11)12-8-13(15)18-14(17-12)16-9(2)19/h4-8H,3H2,1-2H3,(H,16,17,18,19). The first-order chi connectivity index (χ1) is 9.58. The van der Waals surface area contributed by atoms with E-state index in [-0.39, 0.29) is 17.0 Å². The van der Waals surface area contributed by atoms with Crippen LogP contribution in [0.1, 0.15) is 13.8 Å². The Morgan fingerprint density at radius 2 is 2.00 bits per heavy atom. The summed E-state index contributed by atoms with van der Waals surface area (Å²) >= 11 is 5.94. The number of nitrogens with zero attached hydrogens (tertiary/aromatic N) is 2. The Kier molecular flexibility index (Phi) is 4.53. The number of carbonyl (C=O) groups is 1. The molecule has 0 aliphatic heterocycles. The molecular weight excluding hydrogens is 278 g/mol. The van der Waals surface area contributed by atoms with E-state index in [0.29, 0.717) is 12.3 Å². The van der Waals surface area contributed by atoms with Gasteiger partial charge in [-0.05, 0) is 31.2 Å². The minimum atomic E-state index is -0.245. The quantitative estimate of drug-likeness (QED) is 0.879. The lowest BCUT2D eigenvalue weighted by atomic mass is 10.1. The highest BCUT2D eigenvalue weighted by Crippen LogP contribution is 2.23. The lowest BCUT2D eigenvalue weighted by Crippen LogP contribution is -2.09. The van der Waals surface area contributed by atoms with Gasteiger partial charge < -0.3 is 4.74 Å². The molecule has 20 heavy (non-hydrogen) atoms. The van der Waals surface area contributed by atoms with Crippen LogP contribution in [0, 0.1) is 0 Å². The van der Waals surface area contributed by atoms with E-state index in [2.05, 4.69) is 15.3 Å². The molecule has 2 rings (SSSR count). The van der Waals surface area contributed by atoms with Crippen molar-refractivity contribution in [3.05, 3.63) is 35.5 Å². The van der Waals surface area contributed by atoms with Crippen molar-refractivity contribution < 1.29 is 9.53 Å². The summed E-state index contributed by atoms with van der Waals surface area (Å²) < 4.78 is 5.38. The molecule has 0 bridgehead atoms. The predicted octanol–water partition coefficient (Wildman–Crippen LogP) is 3.15. The maximum Gasteiger partial charge on any atom is 0.231 e. The van der Waals surface area contributed by atoms with Crippen molar-refractivity contribution in [3.8, 4) is 17.0 Å². The van der Waals surface area contributed by atoms with Gasteiger partial charge in [-0.25, -0.2) is 9.97 Å². The minimum Gasteiger partial charge on any atom is -0.494 e. The number of carbonyl (C=O) groups excluding carboxylic acids is 1. The second kappa shape index (κ2) is 6.34. The highest BCUT2D eigenvalue weighted by Gasteiger charge is 2.07. The van der Waals surface area contributed by atoms with Crippen LogP contribution in [0.2, 0.25) is 5.15 Å². The first-order valence-corrected chi connectivity index (χ1v) is 6.51. The summed E-state index contributed by atoms with van der Waals surface area (Å²) in [5, 5.41) is 2.79. The summed E-state index contributed by atoms with van der Waals surface area (Å²) in [5.41, 5.74) is 1.50. The maximum atomic E-state index is 11.0. The molecule has 1 amide bonds. The second-order valence-corrected chi connectivity index (χ2v) is 4.43. The van der Waals surface area contributed by atoms with Crippen molar-refractivity contribution in [2.45, 2.75) is 13.8 Å². The Labute approximate surface area is 122 Å². The molecule has 0 aliphatic carbocycles. The van der Waals surface area contributed by atoms with Crippen molar-refractivity contribution >= 4 is 23.5 Å². The van der Waals surface area contributed by atoms with E-state index < -0.39 is 0 Å². The molecule has 0 atom stereocenters. The van der Waals surface area contributed by atoms with Gasteiger partial charge >= 0.3 is 0 Å². The predicted molar refractivity (Wildman–Crippen MR) is 78.0 cm³/mol. The Morgan fingerprint density at radius 3 is 2.60 bits per heavy atom. The van der Waals surface area contributed by atoms with E-state index in [1.807, 2.05) is 31.2 Å². The Balaban J connectivity index is 2.31. The number of aromatic nitrogens is 2. The van der Waals surface area contributed by atoms with E-state index in [1.165, 1.54) is 6.92 Å². The summed E-state index contributed by atoms with van der Waals surface area (Å²) in [4.78, 5) is 19.2. The van der Waals surface area contributed by atoms with Crippen LogP contribution in [0.3, 0.4) is 0 Å². The van der Waals surface area contributed by atoms with Crippen LogP contribution in [0.4, 0.5) is 5.95 Å². The third-order valence-electron chi connectivity index (χ3n) is 2.44. The van der Waals surface area contributed by atoms with Crippen molar-refractivity contribution in [3.63, 3.8) is 0 Å². The van der Waals surface area contributed by atoms with E-state index in [1.54, 1.807) is 6.07 Å². The number of anilines is 1. The molecule has 1 heterocycles. The van der Waals surface area contributed by atoms with Crippen LogP contribution in [-0.2, 0) is 4.79 Å². The van der Waals surface area contributed by atoms with Gasteiger partial charge in [-0.15, -0.1) is 0 Å². The van der Waals surface area contributed by atoms with E-state index in [4.69, 9.17) is 16.3 Å². The van der Waals surface area contributed by atoms with E-state index in [0.717, 1.165) is 11.3 Å². The van der Waals surface area contributed by atoms with Crippen molar-refractivity contribution in [1.82, 2.24) is 9.97 Å². The Bertz CT molecular complexity index is 614. The molecule has 0 fully saturated rings. The SMILES string of the molecule is CCOc1ccc(-c2cc(Cl)nc(NC(C)=O)n2)cc1. The van der Waals surface area contributed by atoms with Crippen LogP contribution in [0.5, 0.6) is 5.75 Å². The first-order valence-electron chi connectivity index (χ1n) is 6.14. The van der Waals surface area contributed by atoms with Crippen LogP contribution in [0.25, 0.3) is 11.3 Å². The average molecular weight is 292 g/mol. The van der Waals surface area contributed by atoms with Gasteiger partial charge in [-0.2, -0.15) is 0 Å². The molecule has 0 spiro atoms. The molecule has 0 saturated heterocycles. The fourth-order valence-corrected chi connectivity index (χ4v) is 1.85. The van der Waals surface area contributed by atoms with Gasteiger partial charge in [0.25, 0.3) is 0 Å². The fraction of sp³-hybridized carbons (Fsp3) is 0.214. The number of hydrogen-bond acceptors (Lipinski definition) is 4. The van der Waals surface area contributed by atoms with Crippen LogP contribution < -0.4 is 10.1 Å². The summed E-state index contributed by atoms with van der Waals surface area (Å²) in [6, 6.07) is 9.10. The number of benzene rings is 1. The molecular formula is C14H14ClN3O2. The van der Waals surface area contributed by atoms with Gasteiger partial charge in [-0.3, -0.25) is 10.1 Å². The topological polar surface area (TPSA) is 64.1 Å². The number of rotatable bonds is 4. The van der Waals surface area contributed by atoms with Gasteiger partial charge in [0.05, 0.1) is 12.3 Å². The van der Waals surface area contributed by atoms with Crippen LogP contribution in [-0.4, -0.2) is 22.5 Å². The number of amides is 1. The second-order valence-electron chi connectivity index (χ2n) is 4.04. The largest absolute Gasteiger partial charge is 0.494 e. The monoisotopic (exact) mass is 291 g/mol. The molecule has 1 N–H and O–H groups in total. The molecule has 0 aliphatic rings. The summed E-state index contributed by atoms with van der Waals surface area (Å²) in [6.45, 7) is 3.93. The Morgan fingerprint density at radius 1 is 1.30 bits per heavy atom. The molecule has 6 heteroatoms. The van der Waals surface area contributed by atoms with Gasteiger partial charge in [0.2, 0.25) is 11.9 Å². The van der Waals surface area contributed by atoms with Crippen molar-refractivity contribution in [2.75, 3.05) is 11.9 Å². The van der Waals surface area contributed by atoms with Crippen LogP contribution in [0.15, 0.2) is 30.3 Å². The molecule has 104 valence electrons. The van der Waals surface area contributed by atoms with E-state index in [9.17, 15) is 4.79 Å². The number of nitrogens with one attached hydrogen (secondary N) is 1.